The minimum Gasteiger partial charge on any atom is -0.0654 e. The third kappa shape index (κ3) is 2.80. The quantitative estimate of drug-likeness (QED) is 0.591. The van der Waals surface area contributed by atoms with Gasteiger partial charge in [0, 0.05) is 0 Å². The van der Waals surface area contributed by atoms with Gasteiger partial charge in [0.05, 0.1) is 0 Å². The summed E-state index contributed by atoms with van der Waals surface area (Å²) in [4.78, 5) is 0. The fourth-order valence-corrected chi connectivity index (χ4v) is 2.62. The lowest BCUT2D eigenvalue weighted by atomic mass is 9.74. The topological polar surface area (TPSA) is 0 Å². The highest BCUT2D eigenvalue weighted by molar-refractivity contribution is 4.75. The van der Waals surface area contributed by atoms with Crippen LogP contribution in [0.4, 0.5) is 0 Å². The zero-order chi connectivity index (χ0) is 8.97. The van der Waals surface area contributed by atoms with Crippen molar-refractivity contribution in [2.75, 3.05) is 0 Å². The van der Waals surface area contributed by atoms with E-state index < -0.39 is 0 Å². The standard InChI is InChI=1S/C12H24/c1-4-5-6-12-8-7-10(2)9-11(12)3/h10-12H,4-9H2,1-3H3/t10?,11-,12?/m0/s1. The van der Waals surface area contributed by atoms with Crippen molar-refractivity contribution in [3.63, 3.8) is 0 Å². The van der Waals surface area contributed by atoms with Crippen molar-refractivity contribution in [1.82, 2.24) is 0 Å². The third-order valence-corrected chi connectivity index (χ3v) is 3.54. The van der Waals surface area contributed by atoms with Gasteiger partial charge in [-0.25, -0.2) is 0 Å². The lowest BCUT2D eigenvalue weighted by Crippen LogP contribution is -2.21. The summed E-state index contributed by atoms with van der Waals surface area (Å²) in [6.45, 7) is 7.17. The molecule has 1 aliphatic rings. The minimum absolute atomic E-state index is 0.998. The molecule has 0 heteroatoms. The molecule has 2 unspecified atom stereocenters. The van der Waals surface area contributed by atoms with Gasteiger partial charge in [-0.2, -0.15) is 0 Å². The summed E-state index contributed by atoms with van der Waals surface area (Å²) in [6.07, 6.45) is 8.78. The van der Waals surface area contributed by atoms with Gasteiger partial charge in [-0.3, -0.25) is 0 Å². The predicted molar refractivity (Wildman–Crippen MR) is 55.2 cm³/mol. The fraction of sp³-hybridized carbons (Fsp3) is 1.00. The van der Waals surface area contributed by atoms with Crippen molar-refractivity contribution in [2.45, 2.75) is 59.3 Å². The Balaban J connectivity index is 2.25. The highest BCUT2D eigenvalue weighted by Gasteiger charge is 2.24. The molecule has 72 valence electrons. The molecule has 1 rings (SSSR count). The molecule has 0 aliphatic heterocycles. The maximum atomic E-state index is 2.45. The van der Waals surface area contributed by atoms with Gasteiger partial charge < -0.3 is 0 Å². The second-order valence-corrected chi connectivity index (χ2v) is 4.80. The van der Waals surface area contributed by atoms with E-state index in [0.717, 1.165) is 17.8 Å². The van der Waals surface area contributed by atoms with Crippen molar-refractivity contribution >= 4 is 0 Å². The monoisotopic (exact) mass is 168 g/mol. The molecule has 0 N–H and O–H groups in total. The highest BCUT2D eigenvalue weighted by atomic mass is 14.3. The number of hydrogen-bond acceptors (Lipinski definition) is 0. The first-order chi connectivity index (χ1) is 5.74. The SMILES string of the molecule is CCCCC1CCC(C)C[C@@H]1C. The summed E-state index contributed by atoms with van der Waals surface area (Å²) in [5.41, 5.74) is 0. The third-order valence-electron chi connectivity index (χ3n) is 3.54. The minimum atomic E-state index is 0.998. The lowest BCUT2D eigenvalue weighted by molar-refractivity contribution is 0.191. The Morgan fingerprint density at radius 3 is 2.50 bits per heavy atom. The van der Waals surface area contributed by atoms with Crippen molar-refractivity contribution in [1.29, 1.82) is 0 Å². The van der Waals surface area contributed by atoms with E-state index in [1.165, 1.54) is 38.5 Å². The molecular weight excluding hydrogens is 144 g/mol. The zero-order valence-electron chi connectivity index (χ0n) is 8.97. The van der Waals surface area contributed by atoms with Crippen LogP contribution in [0.25, 0.3) is 0 Å². The molecule has 1 fully saturated rings. The second kappa shape index (κ2) is 4.89. The molecule has 0 amide bonds. The van der Waals surface area contributed by atoms with E-state index in [0.29, 0.717) is 0 Å². The van der Waals surface area contributed by atoms with Gasteiger partial charge in [0.2, 0.25) is 0 Å². The van der Waals surface area contributed by atoms with Crippen LogP contribution in [0.5, 0.6) is 0 Å². The summed E-state index contributed by atoms with van der Waals surface area (Å²) in [5.74, 6) is 3.05. The largest absolute Gasteiger partial charge is 0.0654 e. The second-order valence-electron chi connectivity index (χ2n) is 4.80. The van der Waals surface area contributed by atoms with Gasteiger partial charge in [0.1, 0.15) is 0 Å². The van der Waals surface area contributed by atoms with Crippen molar-refractivity contribution < 1.29 is 0 Å². The molecule has 0 spiro atoms. The Labute approximate surface area is 77.7 Å². The van der Waals surface area contributed by atoms with Crippen LogP contribution in [-0.4, -0.2) is 0 Å². The molecule has 0 radical (unpaired) electrons. The highest BCUT2D eigenvalue weighted by Crippen LogP contribution is 2.35. The lowest BCUT2D eigenvalue weighted by Gasteiger charge is -2.32. The van der Waals surface area contributed by atoms with Gasteiger partial charge in [-0.15, -0.1) is 0 Å². The van der Waals surface area contributed by atoms with Crippen LogP contribution in [-0.2, 0) is 0 Å². The summed E-state index contributed by atoms with van der Waals surface area (Å²) in [7, 11) is 0. The van der Waals surface area contributed by atoms with Gasteiger partial charge >= 0.3 is 0 Å². The van der Waals surface area contributed by atoms with Crippen molar-refractivity contribution in [2.24, 2.45) is 17.8 Å². The summed E-state index contributed by atoms with van der Waals surface area (Å²) in [5, 5.41) is 0. The van der Waals surface area contributed by atoms with Gasteiger partial charge in [-0.1, -0.05) is 46.5 Å². The number of unbranched alkanes of at least 4 members (excludes halogenated alkanes) is 1. The van der Waals surface area contributed by atoms with E-state index in [2.05, 4.69) is 20.8 Å². The summed E-state index contributed by atoms with van der Waals surface area (Å²) < 4.78 is 0. The van der Waals surface area contributed by atoms with Crippen molar-refractivity contribution in [3.8, 4) is 0 Å². The molecule has 1 saturated carbocycles. The van der Waals surface area contributed by atoms with E-state index in [1.54, 1.807) is 0 Å². The van der Waals surface area contributed by atoms with Crippen LogP contribution in [0.2, 0.25) is 0 Å². The average molecular weight is 168 g/mol. The number of rotatable bonds is 3. The smallest absolute Gasteiger partial charge is 0.0388 e. The van der Waals surface area contributed by atoms with Gasteiger partial charge in [0.25, 0.3) is 0 Å². The molecule has 1 aliphatic carbocycles. The van der Waals surface area contributed by atoms with Gasteiger partial charge in [-0.05, 0) is 30.6 Å². The molecule has 0 aromatic carbocycles. The molecule has 0 heterocycles. The van der Waals surface area contributed by atoms with Crippen LogP contribution < -0.4 is 0 Å². The molecule has 0 bridgehead atoms. The van der Waals surface area contributed by atoms with Crippen LogP contribution in [0, 0.1) is 17.8 Å². The van der Waals surface area contributed by atoms with Crippen LogP contribution in [0.1, 0.15) is 59.3 Å². The van der Waals surface area contributed by atoms with E-state index in [1.807, 2.05) is 0 Å². The molecule has 3 atom stereocenters. The first-order valence-corrected chi connectivity index (χ1v) is 5.74. The zero-order valence-corrected chi connectivity index (χ0v) is 8.97. The maximum absolute atomic E-state index is 2.45. The molecule has 0 nitrogen and oxygen atoms in total. The molecule has 0 aromatic rings. The Kier molecular flexibility index (Phi) is 4.11. The fourth-order valence-electron chi connectivity index (χ4n) is 2.62. The van der Waals surface area contributed by atoms with Crippen LogP contribution in [0.3, 0.4) is 0 Å². The Morgan fingerprint density at radius 1 is 1.17 bits per heavy atom. The van der Waals surface area contributed by atoms with Crippen molar-refractivity contribution in [3.05, 3.63) is 0 Å². The molecular formula is C12H24. The Bertz CT molecular complexity index is 115. The molecule has 12 heavy (non-hydrogen) atoms. The van der Waals surface area contributed by atoms with Crippen LogP contribution in [0.15, 0.2) is 0 Å². The van der Waals surface area contributed by atoms with E-state index in [9.17, 15) is 0 Å². The predicted octanol–water partition coefficient (Wildman–Crippen LogP) is 4.25. The summed E-state index contributed by atoms with van der Waals surface area (Å²) >= 11 is 0. The average Bonchev–Trinajstić information content (AvgIpc) is 2.03. The first-order valence-electron chi connectivity index (χ1n) is 5.74. The summed E-state index contributed by atoms with van der Waals surface area (Å²) in [6, 6.07) is 0. The van der Waals surface area contributed by atoms with E-state index >= 15 is 0 Å². The molecule has 0 aromatic heterocycles. The van der Waals surface area contributed by atoms with E-state index in [-0.39, 0.29) is 0 Å². The maximum Gasteiger partial charge on any atom is -0.0388 e. The normalized spacial score (nSPS) is 36.8. The van der Waals surface area contributed by atoms with Crippen LogP contribution >= 0.6 is 0 Å². The van der Waals surface area contributed by atoms with E-state index in [4.69, 9.17) is 0 Å². The first kappa shape index (κ1) is 10.1. The number of hydrogen-bond donors (Lipinski definition) is 0. The Hall–Kier alpha value is 0. The Morgan fingerprint density at radius 2 is 1.92 bits per heavy atom. The molecule has 0 saturated heterocycles. The van der Waals surface area contributed by atoms with Gasteiger partial charge in [0.15, 0.2) is 0 Å².